The number of carbonyl (C=O) groups is 1. The summed E-state index contributed by atoms with van der Waals surface area (Å²) in [5.74, 6) is -1.15. The summed E-state index contributed by atoms with van der Waals surface area (Å²) >= 11 is 6.07. The van der Waals surface area contributed by atoms with E-state index in [-0.39, 0.29) is 10.9 Å². The fourth-order valence-corrected chi connectivity index (χ4v) is 3.96. The molecule has 0 radical (unpaired) electrons. The summed E-state index contributed by atoms with van der Waals surface area (Å²) in [6, 6.07) is 9.95. The number of benzene rings is 2. The fourth-order valence-electron chi connectivity index (χ4n) is 3.77. The lowest BCUT2D eigenvalue weighted by Gasteiger charge is -2.30. The first kappa shape index (κ1) is 22.0. The van der Waals surface area contributed by atoms with Gasteiger partial charge in [-0.3, -0.25) is 9.59 Å². The van der Waals surface area contributed by atoms with Crippen molar-refractivity contribution in [1.29, 1.82) is 0 Å². The standard InChI is InChI=1S/C23H23ClFN5O2/c1-2-29-14-17(23(32)28-27-13-15-5-3-4-6-18(15)24)22(31)16-11-19(25)21(12-20(16)29)30-9-7-26-8-10-30/h3-6,11-14,26H,2,7-10H2,1H3,(H,28,32)/b27-13+. The van der Waals surface area contributed by atoms with Gasteiger partial charge in [0.2, 0.25) is 5.43 Å². The highest BCUT2D eigenvalue weighted by molar-refractivity contribution is 6.33. The topological polar surface area (TPSA) is 78.7 Å². The SMILES string of the molecule is CCn1cc(C(=O)N/N=C/c2ccccc2Cl)c(=O)c2cc(F)c(N3CCNCC3)cc21. The molecule has 0 aliphatic carbocycles. The minimum Gasteiger partial charge on any atom is -0.367 e. The molecule has 1 saturated heterocycles. The van der Waals surface area contributed by atoms with Crippen LogP contribution in [-0.2, 0) is 6.54 Å². The molecule has 166 valence electrons. The van der Waals surface area contributed by atoms with E-state index >= 15 is 0 Å². The predicted octanol–water partition coefficient (Wildman–Crippen LogP) is 2.99. The summed E-state index contributed by atoms with van der Waals surface area (Å²) < 4.78 is 16.7. The molecule has 2 aromatic carbocycles. The van der Waals surface area contributed by atoms with Crippen LogP contribution in [0.15, 0.2) is 52.5 Å². The van der Waals surface area contributed by atoms with E-state index in [9.17, 15) is 14.0 Å². The minimum atomic E-state index is -0.672. The van der Waals surface area contributed by atoms with Crippen molar-refractivity contribution in [1.82, 2.24) is 15.3 Å². The molecule has 7 nitrogen and oxygen atoms in total. The summed E-state index contributed by atoms with van der Waals surface area (Å²) in [6.07, 6.45) is 2.89. The third kappa shape index (κ3) is 4.37. The second-order valence-electron chi connectivity index (χ2n) is 7.44. The summed E-state index contributed by atoms with van der Waals surface area (Å²) in [4.78, 5) is 27.7. The van der Waals surface area contributed by atoms with Gasteiger partial charge in [0.15, 0.2) is 0 Å². The molecular formula is C23H23ClFN5O2. The number of anilines is 1. The molecule has 9 heteroatoms. The van der Waals surface area contributed by atoms with Crippen molar-refractivity contribution in [3.8, 4) is 0 Å². The maximum atomic E-state index is 14.9. The number of aromatic nitrogens is 1. The van der Waals surface area contributed by atoms with E-state index in [1.807, 2.05) is 11.8 Å². The average molecular weight is 456 g/mol. The predicted molar refractivity (Wildman–Crippen MR) is 125 cm³/mol. The Morgan fingerprint density at radius 2 is 2.03 bits per heavy atom. The van der Waals surface area contributed by atoms with Crippen molar-refractivity contribution in [2.75, 3.05) is 31.1 Å². The molecule has 0 saturated carbocycles. The number of hydrogen-bond acceptors (Lipinski definition) is 5. The van der Waals surface area contributed by atoms with Crippen LogP contribution in [0.1, 0.15) is 22.8 Å². The van der Waals surface area contributed by atoms with Gasteiger partial charge < -0.3 is 14.8 Å². The molecule has 0 bridgehead atoms. The van der Waals surface area contributed by atoms with E-state index in [1.165, 1.54) is 18.5 Å². The third-order valence-corrected chi connectivity index (χ3v) is 5.81. The normalized spacial score (nSPS) is 14.3. The van der Waals surface area contributed by atoms with Crippen LogP contribution in [0.4, 0.5) is 10.1 Å². The molecule has 2 N–H and O–H groups in total. The zero-order chi connectivity index (χ0) is 22.7. The highest BCUT2D eigenvalue weighted by Crippen LogP contribution is 2.25. The second kappa shape index (κ2) is 9.50. The number of hydrogen-bond donors (Lipinski definition) is 2. The number of amides is 1. The molecule has 1 amide bonds. The van der Waals surface area contributed by atoms with Crippen molar-refractivity contribution in [2.45, 2.75) is 13.5 Å². The van der Waals surface area contributed by atoms with Crippen molar-refractivity contribution in [3.05, 3.63) is 74.8 Å². The van der Waals surface area contributed by atoms with Crippen molar-refractivity contribution in [2.24, 2.45) is 5.10 Å². The number of carbonyl (C=O) groups excluding carboxylic acids is 1. The number of piperazine rings is 1. The smallest absolute Gasteiger partial charge is 0.276 e. The van der Waals surface area contributed by atoms with Gasteiger partial charge in [0, 0.05) is 54.9 Å². The van der Waals surface area contributed by atoms with Crippen molar-refractivity contribution < 1.29 is 9.18 Å². The molecule has 4 rings (SSSR count). The molecule has 0 unspecified atom stereocenters. The number of nitrogens with one attached hydrogen (secondary N) is 2. The average Bonchev–Trinajstić information content (AvgIpc) is 2.81. The highest BCUT2D eigenvalue weighted by atomic mass is 35.5. The van der Waals surface area contributed by atoms with E-state index in [0.717, 1.165) is 13.1 Å². The Balaban J connectivity index is 1.68. The quantitative estimate of drug-likeness (QED) is 0.458. The van der Waals surface area contributed by atoms with Gasteiger partial charge in [-0.1, -0.05) is 29.8 Å². The van der Waals surface area contributed by atoms with Gasteiger partial charge in [-0.05, 0) is 25.1 Å². The van der Waals surface area contributed by atoms with Crippen LogP contribution >= 0.6 is 11.6 Å². The first-order valence-electron chi connectivity index (χ1n) is 10.4. The molecular weight excluding hydrogens is 433 g/mol. The summed E-state index contributed by atoms with van der Waals surface area (Å²) in [7, 11) is 0. The number of rotatable bonds is 5. The molecule has 32 heavy (non-hydrogen) atoms. The Hall–Kier alpha value is -3.23. The van der Waals surface area contributed by atoms with Crippen LogP contribution in [0.2, 0.25) is 5.02 Å². The zero-order valence-corrected chi connectivity index (χ0v) is 18.3. The monoisotopic (exact) mass is 455 g/mol. The van der Waals surface area contributed by atoms with Gasteiger partial charge in [-0.25, -0.2) is 9.82 Å². The maximum Gasteiger partial charge on any atom is 0.276 e. The number of hydrazone groups is 1. The largest absolute Gasteiger partial charge is 0.367 e. The summed E-state index contributed by atoms with van der Waals surface area (Å²) in [5, 5.41) is 7.79. The summed E-state index contributed by atoms with van der Waals surface area (Å²) in [5.41, 5.74) is 3.38. The van der Waals surface area contributed by atoms with Gasteiger partial charge >= 0.3 is 0 Å². The van der Waals surface area contributed by atoms with Crippen LogP contribution in [0.25, 0.3) is 10.9 Å². The molecule has 0 atom stereocenters. The number of fused-ring (bicyclic) bond motifs is 1. The molecule has 3 aromatic rings. The minimum absolute atomic E-state index is 0.106. The van der Waals surface area contributed by atoms with Crippen molar-refractivity contribution in [3.63, 3.8) is 0 Å². The van der Waals surface area contributed by atoms with Crippen LogP contribution in [0, 0.1) is 5.82 Å². The maximum absolute atomic E-state index is 14.9. The van der Waals surface area contributed by atoms with Gasteiger partial charge in [0.25, 0.3) is 5.91 Å². The van der Waals surface area contributed by atoms with E-state index in [4.69, 9.17) is 11.6 Å². The van der Waals surface area contributed by atoms with E-state index in [1.54, 1.807) is 34.9 Å². The number of pyridine rings is 1. The van der Waals surface area contributed by atoms with Gasteiger partial charge in [0.05, 0.1) is 17.4 Å². The number of halogens is 2. The molecule has 1 aliphatic heterocycles. The number of nitrogens with zero attached hydrogens (tertiary/aromatic N) is 3. The first-order valence-corrected chi connectivity index (χ1v) is 10.8. The molecule has 2 heterocycles. The van der Waals surface area contributed by atoms with Crippen LogP contribution in [-0.4, -0.2) is 42.9 Å². The Bertz CT molecular complexity index is 1250. The summed E-state index contributed by atoms with van der Waals surface area (Å²) in [6.45, 7) is 5.31. The van der Waals surface area contributed by atoms with Crippen LogP contribution < -0.4 is 21.1 Å². The third-order valence-electron chi connectivity index (χ3n) is 5.47. The first-order chi connectivity index (χ1) is 15.5. The molecule has 1 aromatic heterocycles. The van der Waals surface area contributed by atoms with Gasteiger partial charge in [0.1, 0.15) is 11.4 Å². The second-order valence-corrected chi connectivity index (χ2v) is 7.84. The fraction of sp³-hybridized carbons (Fsp3) is 0.261. The Kier molecular flexibility index (Phi) is 6.53. The lowest BCUT2D eigenvalue weighted by molar-refractivity contribution is 0.0953. The van der Waals surface area contributed by atoms with E-state index < -0.39 is 17.2 Å². The lowest BCUT2D eigenvalue weighted by Crippen LogP contribution is -2.43. The molecule has 0 spiro atoms. The zero-order valence-electron chi connectivity index (χ0n) is 17.6. The van der Waals surface area contributed by atoms with Crippen molar-refractivity contribution >= 4 is 40.3 Å². The van der Waals surface area contributed by atoms with Crippen LogP contribution in [0.3, 0.4) is 0 Å². The Morgan fingerprint density at radius 3 is 2.75 bits per heavy atom. The highest BCUT2D eigenvalue weighted by Gasteiger charge is 2.20. The molecule has 1 aliphatic rings. The van der Waals surface area contributed by atoms with Gasteiger partial charge in [-0.15, -0.1) is 0 Å². The van der Waals surface area contributed by atoms with Gasteiger partial charge in [-0.2, -0.15) is 5.10 Å². The Labute approximate surface area is 189 Å². The number of aryl methyl sites for hydroxylation is 1. The lowest BCUT2D eigenvalue weighted by atomic mass is 10.1. The van der Waals surface area contributed by atoms with Crippen LogP contribution in [0.5, 0.6) is 0 Å². The van der Waals surface area contributed by atoms with E-state index in [2.05, 4.69) is 15.8 Å². The Morgan fingerprint density at radius 1 is 1.28 bits per heavy atom. The molecule has 1 fully saturated rings. The van der Waals surface area contributed by atoms with E-state index in [0.29, 0.717) is 41.4 Å².